The third-order valence-electron chi connectivity index (χ3n) is 4.44. The van der Waals surface area contributed by atoms with Gasteiger partial charge in [-0.2, -0.15) is 5.26 Å². The fourth-order valence-corrected chi connectivity index (χ4v) is 3.06. The lowest BCUT2D eigenvalue weighted by Gasteiger charge is -2.38. The van der Waals surface area contributed by atoms with E-state index in [9.17, 15) is 10.4 Å². The molecule has 0 amide bonds. The van der Waals surface area contributed by atoms with Gasteiger partial charge in [0.25, 0.3) is 0 Å². The van der Waals surface area contributed by atoms with E-state index in [0.29, 0.717) is 23.0 Å². The van der Waals surface area contributed by atoms with Crippen molar-refractivity contribution in [2.45, 2.75) is 31.4 Å². The standard InChI is InChI=1S/C18H20N4O2/c1-24-18-15(11-19)16(5-7-21-18)22-17(12-8-14(23)9-12)10-13-4-2-3-6-20-13/h2-7,12,14,17,23H,8-10H2,1H3,(H,21,22). The first kappa shape index (κ1) is 16.2. The van der Waals surface area contributed by atoms with Crippen LogP contribution in [0.5, 0.6) is 5.88 Å². The highest BCUT2D eigenvalue weighted by Gasteiger charge is 2.34. The van der Waals surface area contributed by atoms with Crippen LogP contribution in [0.3, 0.4) is 0 Å². The summed E-state index contributed by atoms with van der Waals surface area (Å²) in [5, 5.41) is 22.5. The highest BCUT2D eigenvalue weighted by Crippen LogP contribution is 2.34. The molecule has 1 saturated carbocycles. The molecule has 0 bridgehead atoms. The third-order valence-corrected chi connectivity index (χ3v) is 4.44. The van der Waals surface area contributed by atoms with Gasteiger partial charge in [0, 0.05) is 30.6 Å². The molecule has 0 spiro atoms. The second-order valence-electron chi connectivity index (χ2n) is 6.02. The highest BCUT2D eigenvalue weighted by molar-refractivity contribution is 5.61. The van der Waals surface area contributed by atoms with Gasteiger partial charge in [-0.3, -0.25) is 4.98 Å². The van der Waals surface area contributed by atoms with Crippen LogP contribution in [0.1, 0.15) is 24.1 Å². The number of nitriles is 1. The summed E-state index contributed by atoms with van der Waals surface area (Å²) in [6, 6.07) is 9.86. The van der Waals surface area contributed by atoms with Crippen LogP contribution < -0.4 is 10.1 Å². The van der Waals surface area contributed by atoms with Crippen LogP contribution >= 0.6 is 0 Å². The van der Waals surface area contributed by atoms with E-state index in [1.807, 2.05) is 18.2 Å². The molecule has 0 aliphatic heterocycles. The largest absolute Gasteiger partial charge is 0.480 e. The molecule has 1 aliphatic carbocycles. The molecule has 1 atom stereocenters. The number of hydrogen-bond donors (Lipinski definition) is 2. The van der Waals surface area contributed by atoms with E-state index in [2.05, 4.69) is 21.4 Å². The van der Waals surface area contributed by atoms with E-state index in [0.717, 1.165) is 25.0 Å². The molecule has 0 aromatic carbocycles. The molecule has 2 aromatic heterocycles. The molecule has 124 valence electrons. The summed E-state index contributed by atoms with van der Waals surface area (Å²) in [6.45, 7) is 0. The predicted molar refractivity (Wildman–Crippen MR) is 89.6 cm³/mol. The van der Waals surface area contributed by atoms with Crippen LogP contribution in [0.15, 0.2) is 36.7 Å². The van der Waals surface area contributed by atoms with E-state index in [1.165, 1.54) is 7.11 Å². The van der Waals surface area contributed by atoms with Crippen LogP contribution in [0.2, 0.25) is 0 Å². The fraction of sp³-hybridized carbons (Fsp3) is 0.389. The van der Waals surface area contributed by atoms with Crippen LogP contribution in [0.25, 0.3) is 0 Å². The number of pyridine rings is 2. The number of nitrogens with zero attached hydrogens (tertiary/aromatic N) is 3. The zero-order chi connectivity index (χ0) is 16.9. The van der Waals surface area contributed by atoms with Gasteiger partial charge in [-0.05, 0) is 37.0 Å². The van der Waals surface area contributed by atoms with Crippen molar-refractivity contribution in [2.75, 3.05) is 12.4 Å². The first-order valence-electron chi connectivity index (χ1n) is 7.99. The Balaban J connectivity index is 1.83. The van der Waals surface area contributed by atoms with E-state index >= 15 is 0 Å². The van der Waals surface area contributed by atoms with Gasteiger partial charge in [0.05, 0.1) is 18.9 Å². The molecule has 0 saturated heterocycles. The van der Waals surface area contributed by atoms with Crippen molar-refractivity contribution in [2.24, 2.45) is 5.92 Å². The number of nitrogens with one attached hydrogen (secondary N) is 1. The highest BCUT2D eigenvalue weighted by atomic mass is 16.5. The number of anilines is 1. The van der Waals surface area contributed by atoms with E-state index in [-0.39, 0.29) is 12.1 Å². The Bertz CT molecular complexity index is 724. The maximum Gasteiger partial charge on any atom is 0.233 e. The van der Waals surface area contributed by atoms with Crippen LogP contribution in [0.4, 0.5) is 5.69 Å². The summed E-state index contributed by atoms with van der Waals surface area (Å²) < 4.78 is 5.17. The van der Waals surface area contributed by atoms with E-state index in [1.54, 1.807) is 18.5 Å². The summed E-state index contributed by atoms with van der Waals surface area (Å²) in [4.78, 5) is 8.47. The molecule has 1 aliphatic rings. The molecule has 3 rings (SSSR count). The summed E-state index contributed by atoms with van der Waals surface area (Å²) in [7, 11) is 1.50. The van der Waals surface area contributed by atoms with Crippen molar-refractivity contribution < 1.29 is 9.84 Å². The van der Waals surface area contributed by atoms with Crippen LogP contribution in [-0.2, 0) is 6.42 Å². The monoisotopic (exact) mass is 324 g/mol. The Morgan fingerprint density at radius 3 is 2.79 bits per heavy atom. The van der Waals surface area contributed by atoms with Crippen molar-refractivity contribution >= 4 is 5.69 Å². The molecule has 6 nitrogen and oxygen atoms in total. The predicted octanol–water partition coefficient (Wildman–Crippen LogP) is 2.15. The second kappa shape index (κ2) is 7.28. The maximum atomic E-state index is 9.66. The lowest BCUT2D eigenvalue weighted by molar-refractivity contribution is 0.0341. The first-order chi connectivity index (χ1) is 11.7. The molecule has 0 radical (unpaired) electrons. The van der Waals surface area contributed by atoms with Gasteiger partial charge in [0.2, 0.25) is 5.88 Å². The molecule has 2 aromatic rings. The number of ether oxygens (including phenoxy) is 1. The van der Waals surface area contributed by atoms with Gasteiger partial charge in [-0.15, -0.1) is 0 Å². The molecular formula is C18H20N4O2. The summed E-state index contributed by atoms with van der Waals surface area (Å²) in [5.74, 6) is 0.653. The van der Waals surface area contributed by atoms with Crippen molar-refractivity contribution in [1.82, 2.24) is 9.97 Å². The van der Waals surface area contributed by atoms with Gasteiger partial charge >= 0.3 is 0 Å². The van der Waals surface area contributed by atoms with Crippen molar-refractivity contribution in [3.05, 3.63) is 47.9 Å². The van der Waals surface area contributed by atoms with Gasteiger partial charge in [-0.1, -0.05) is 6.07 Å². The number of rotatable bonds is 6. The van der Waals surface area contributed by atoms with Crippen molar-refractivity contribution in [3.8, 4) is 11.9 Å². The average molecular weight is 324 g/mol. The fourth-order valence-electron chi connectivity index (χ4n) is 3.06. The number of aromatic nitrogens is 2. The second-order valence-corrected chi connectivity index (χ2v) is 6.02. The zero-order valence-corrected chi connectivity index (χ0v) is 13.5. The van der Waals surface area contributed by atoms with E-state index < -0.39 is 0 Å². The first-order valence-corrected chi connectivity index (χ1v) is 7.99. The minimum atomic E-state index is -0.231. The van der Waals surface area contributed by atoms with Crippen LogP contribution in [0, 0.1) is 17.2 Å². The Hall–Kier alpha value is -2.65. The summed E-state index contributed by atoms with van der Waals surface area (Å²) in [6.07, 6.45) is 5.41. The van der Waals surface area contributed by atoms with Crippen molar-refractivity contribution in [3.63, 3.8) is 0 Å². The lowest BCUT2D eigenvalue weighted by Crippen LogP contribution is -2.42. The summed E-state index contributed by atoms with van der Waals surface area (Å²) >= 11 is 0. The lowest BCUT2D eigenvalue weighted by atomic mass is 9.75. The molecule has 2 heterocycles. The SMILES string of the molecule is COc1nccc(NC(Cc2ccccn2)C2CC(O)C2)c1C#N. The minimum Gasteiger partial charge on any atom is -0.480 e. The van der Waals surface area contributed by atoms with E-state index in [4.69, 9.17) is 4.74 Å². The topological polar surface area (TPSA) is 91.1 Å². The maximum absolute atomic E-state index is 9.66. The van der Waals surface area contributed by atoms with Gasteiger partial charge in [0.15, 0.2) is 0 Å². The molecule has 24 heavy (non-hydrogen) atoms. The normalized spacial score (nSPS) is 20.5. The van der Waals surface area contributed by atoms with Crippen molar-refractivity contribution in [1.29, 1.82) is 5.26 Å². The molecule has 2 N–H and O–H groups in total. The zero-order valence-electron chi connectivity index (χ0n) is 13.5. The van der Waals surface area contributed by atoms with Crippen LogP contribution in [-0.4, -0.2) is 34.3 Å². The molecule has 6 heteroatoms. The van der Waals surface area contributed by atoms with Gasteiger partial charge < -0.3 is 15.2 Å². The Kier molecular flexibility index (Phi) is 4.92. The third kappa shape index (κ3) is 3.47. The average Bonchev–Trinajstić information content (AvgIpc) is 2.59. The quantitative estimate of drug-likeness (QED) is 0.846. The molecular weight excluding hydrogens is 304 g/mol. The number of hydrogen-bond acceptors (Lipinski definition) is 6. The number of aliphatic hydroxyl groups is 1. The molecule has 1 unspecified atom stereocenters. The van der Waals surface area contributed by atoms with Gasteiger partial charge in [0.1, 0.15) is 11.6 Å². The van der Waals surface area contributed by atoms with Gasteiger partial charge in [-0.25, -0.2) is 4.98 Å². The number of methoxy groups -OCH3 is 1. The Morgan fingerprint density at radius 2 is 2.17 bits per heavy atom. The minimum absolute atomic E-state index is 0.0857. The summed E-state index contributed by atoms with van der Waals surface area (Å²) in [5.41, 5.74) is 2.08. The smallest absolute Gasteiger partial charge is 0.233 e. The Morgan fingerprint density at radius 1 is 1.33 bits per heavy atom. The molecule has 1 fully saturated rings. The number of aliphatic hydroxyl groups excluding tert-OH is 1. The Labute approximate surface area is 141 Å².